The molecule has 0 aromatic carbocycles. The van der Waals surface area contributed by atoms with Crippen LogP contribution in [-0.2, 0) is 9.47 Å². The first-order valence-electron chi connectivity index (χ1n) is 5.16. The van der Waals surface area contributed by atoms with E-state index in [-0.39, 0.29) is 0 Å². The third kappa shape index (κ3) is 3.52. The van der Waals surface area contributed by atoms with Crippen molar-refractivity contribution in [3.05, 3.63) is 21.4 Å². The maximum absolute atomic E-state index is 5.58. The smallest absolute Gasteiger partial charge is 0.284 e. The average molecular weight is 308 g/mol. The molecule has 0 N–H and O–H groups in total. The zero-order chi connectivity index (χ0) is 10.4. The Bertz CT molecular complexity index is 244. The predicted octanol–water partition coefficient (Wildman–Crippen LogP) is 4.12. The Morgan fingerprint density at radius 3 is 2.86 bits per heavy atom. The lowest BCUT2D eigenvalue weighted by Gasteiger charge is -2.18. The summed E-state index contributed by atoms with van der Waals surface area (Å²) in [4.78, 5) is 0. The molecule has 0 atom stereocenters. The zero-order valence-corrected chi connectivity index (χ0v) is 11.0. The average Bonchev–Trinajstić information content (AvgIpc) is 2.18. The number of rotatable bonds is 5. The van der Waals surface area contributed by atoms with Gasteiger partial charge in [-0.2, -0.15) is 0 Å². The second-order valence-corrected chi connectivity index (χ2v) is 4.37. The van der Waals surface area contributed by atoms with E-state index in [1.165, 1.54) is 5.57 Å². The molecule has 1 rings (SSSR count). The summed E-state index contributed by atoms with van der Waals surface area (Å²) in [5.74, 6) is 0.751. The molecule has 80 valence electrons. The van der Waals surface area contributed by atoms with Gasteiger partial charge >= 0.3 is 0 Å². The molecule has 0 radical (unpaired) electrons. The molecule has 0 bridgehead atoms. The van der Waals surface area contributed by atoms with Crippen LogP contribution in [0.2, 0.25) is 0 Å². The quantitative estimate of drug-likeness (QED) is 0.711. The fraction of sp³-hybridized carbons (Fsp3) is 0.636. The van der Waals surface area contributed by atoms with E-state index in [0.29, 0.717) is 0 Å². The van der Waals surface area contributed by atoms with Crippen molar-refractivity contribution in [1.82, 2.24) is 0 Å². The van der Waals surface area contributed by atoms with Crippen LogP contribution in [0.15, 0.2) is 21.4 Å². The summed E-state index contributed by atoms with van der Waals surface area (Å²) in [6.45, 7) is 5.02. The molecule has 3 heteroatoms. The maximum atomic E-state index is 5.58. The molecule has 0 saturated heterocycles. The van der Waals surface area contributed by atoms with E-state index >= 15 is 0 Å². The molecular formula is C11H17IO2. The molecule has 0 fully saturated rings. The van der Waals surface area contributed by atoms with Gasteiger partial charge in [0.25, 0.3) is 5.95 Å². The minimum absolute atomic E-state index is 0.743. The van der Waals surface area contributed by atoms with Gasteiger partial charge < -0.3 is 9.47 Å². The van der Waals surface area contributed by atoms with Gasteiger partial charge in [0.2, 0.25) is 0 Å². The van der Waals surface area contributed by atoms with Crippen LogP contribution >= 0.6 is 22.6 Å². The highest BCUT2D eigenvalue weighted by atomic mass is 127. The highest BCUT2D eigenvalue weighted by Crippen LogP contribution is 2.28. The van der Waals surface area contributed by atoms with E-state index in [2.05, 4.69) is 42.5 Å². The predicted molar refractivity (Wildman–Crippen MR) is 66.0 cm³/mol. The highest BCUT2D eigenvalue weighted by Gasteiger charge is 2.14. The van der Waals surface area contributed by atoms with Gasteiger partial charge in [-0.1, -0.05) is 20.3 Å². The van der Waals surface area contributed by atoms with E-state index in [4.69, 9.17) is 9.47 Å². The molecule has 0 aromatic rings. The van der Waals surface area contributed by atoms with E-state index in [1.54, 1.807) is 0 Å². The van der Waals surface area contributed by atoms with Crippen molar-refractivity contribution < 1.29 is 9.47 Å². The van der Waals surface area contributed by atoms with Crippen molar-refractivity contribution in [1.29, 1.82) is 0 Å². The van der Waals surface area contributed by atoms with Crippen molar-refractivity contribution in [2.24, 2.45) is 0 Å². The normalized spacial score (nSPS) is 16.4. The van der Waals surface area contributed by atoms with Gasteiger partial charge in [0, 0.05) is 5.57 Å². The van der Waals surface area contributed by atoms with Crippen molar-refractivity contribution in [3.8, 4) is 0 Å². The number of ether oxygens (including phenoxy) is 2. The Kier molecular flexibility index (Phi) is 5.37. The van der Waals surface area contributed by atoms with Crippen molar-refractivity contribution >= 4 is 22.6 Å². The summed E-state index contributed by atoms with van der Waals surface area (Å²) >= 11 is 2.19. The summed E-state index contributed by atoms with van der Waals surface area (Å²) in [5.41, 5.74) is 1.29. The van der Waals surface area contributed by atoms with Gasteiger partial charge in [0.1, 0.15) is 0 Å². The lowest BCUT2D eigenvalue weighted by molar-refractivity contribution is 0.0709. The summed E-state index contributed by atoms with van der Waals surface area (Å²) in [5, 5.41) is 0. The first-order chi connectivity index (χ1) is 6.77. The van der Waals surface area contributed by atoms with Crippen LogP contribution in [0.3, 0.4) is 0 Å². The van der Waals surface area contributed by atoms with Crippen LogP contribution in [0.25, 0.3) is 0 Å². The SMILES string of the molecule is CCCOC1=C(CCC)CC=C(I)O1. The molecule has 1 heterocycles. The molecule has 1 aliphatic heterocycles. The van der Waals surface area contributed by atoms with Crippen LogP contribution in [0.1, 0.15) is 39.5 Å². The number of halogens is 1. The molecule has 0 aromatic heterocycles. The van der Waals surface area contributed by atoms with E-state index in [1.807, 2.05) is 0 Å². The van der Waals surface area contributed by atoms with Gasteiger partial charge in [-0.15, -0.1) is 0 Å². The van der Waals surface area contributed by atoms with Crippen LogP contribution in [0.4, 0.5) is 0 Å². The van der Waals surface area contributed by atoms with Crippen molar-refractivity contribution in [2.75, 3.05) is 6.61 Å². The Labute approximate surface area is 99.5 Å². The topological polar surface area (TPSA) is 18.5 Å². The Morgan fingerprint density at radius 1 is 1.43 bits per heavy atom. The van der Waals surface area contributed by atoms with E-state index in [9.17, 15) is 0 Å². The minimum Gasteiger partial charge on any atom is -0.465 e. The van der Waals surface area contributed by atoms with Crippen LogP contribution < -0.4 is 0 Å². The lowest BCUT2D eigenvalue weighted by atomic mass is 10.1. The largest absolute Gasteiger partial charge is 0.465 e. The molecular weight excluding hydrogens is 291 g/mol. The molecule has 0 amide bonds. The highest BCUT2D eigenvalue weighted by molar-refractivity contribution is 14.1. The van der Waals surface area contributed by atoms with Gasteiger partial charge in [0.05, 0.1) is 6.61 Å². The van der Waals surface area contributed by atoms with Gasteiger partial charge in [0.15, 0.2) is 3.77 Å². The Morgan fingerprint density at radius 2 is 2.21 bits per heavy atom. The first-order valence-corrected chi connectivity index (χ1v) is 6.24. The standard InChI is InChI=1S/C11H17IO2/c1-3-5-9-6-7-10(12)14-11(9)13-8-4-2/h7H,3-6,8H2,1-2H3. The summed E-state index contributed by atoms with van der Waals surface area (Å²) < 4.78 is 12.1. The van der Waals surface area contributed by atoms with Crippen molar-refractivity contribution in [3.63, 3.8) is 0 Å². The third-order valence-electron chi connectivity index (χ3n) is 1.98. The summed E-state index contributed by atoms with van der Waals surface area (Å²) in [6.07, 6.45) is 6.31. The van der Waals surface area contributed by atoms with Gasteiger partial charge in [-0.3, -0.25) is 0 Å². The number of hydrogen-bond acceptors (Lipinski definition) is 2. The Balaban J connectivity index is 2.59. The second kappa shape index (κ2) is 6.32. The molecule has 0 unspecified atom stereocenters. The molecule has 2 nitrogen and oxygen atoms in total. The summed E-state index contributed by atoms with van der Waals surface area (Å²) in [7, 11) is 0. The lowest BCUT2D eigenvalue weighted by Crippen LogP contribution is -2.05. The number of hydrogen-bond donors (Lipinski definition) is 0. The minimum atomic E-state index is 0.743. The first kappa shape index (κ1) is 11.9. The van der Waals surface area contributed by atoms with E-state index in [0.717, 1.165) is 42.0 Å². The van der Waals surface area contributed by atoms with Gasteiger partial charge in [-0.25, -0.2) is 0 Å². The van der Waals surface area contributed by atoms with Crippen molar-refractivity contribution in [2.45, 2.75) is 39.5 Å². The monoisotopic (exact) mass is 308 g/mol. The third-order valence-corrected chi connectivity index (χ3v) is 2.64. The fourth-order valence-corrected chi connectivity index (χ4v) is 1.74. The van der Waals surface area contributed by atoms with E-state index < -0.39 is 0 Å². The van der Waals surface area contributed by atoms with Crippen LogP contribution in [-0.4, -0.2) is 6.61 Å². The molecule has 14 heavy (non-hydrogen) atoms. The van der Waals surface area contributed by atoms with Crippen LogP contribution in [0.5, 0.6) is 0 Å². The number of allylic oxidation sites excluding steroid dienone is 2. The van der Waals surface area contributed by atoms with Crippen LogP contribution in [0, 0.1) is 0 Å². The molecule has 0 saturated carbocycles. The summed E-state index contributed by atoms with van der Waals surface area (Å²) in [6, 6.07) is 0. The molecule has 0 spiro atoms. The zero-order valence-electron chi connectivity index (χ0n) is 8.81. The molecule has 1 aliphatic rings. The second-order valence-electron chi connectivity index (χ2n) is 3.30. The van der Waals surface area contributed by atoms with Gasteiger partial charge in [-0.05, 0) is 47.9 Å². The maximum Gasteiger partial charge on any atom is 0.284 e. The Hall–Kier alpha value is -0.190. The molecule has 0 aliphatic carbocycles. The fourth-order valence-electron chi connectivity index (χ4n) is 1.32.